The van der Waals surface area contributed by atoms with Crippen LogP contribution in [0.4, 0.5) is 4.39 Å². The zero-order valence-electron chi connectivity index (χ0n) is 18.5. The number of hydrogen-bond donors (Lipinski definition) is 2. The van der Waals surface area contributed by atoms with E-state index in [0.717, 1.165) is 12.8 Å². The molecule has 11 heteroatoms. The zero-order chi connectivity index (χ0) is 23.8. The van der Waals surface area contributed by atoms with Crippen molar-refractivity contribution in [3.05, 3.63) is 62.5 Å². The summed E-state index contributed by atoms with van der Waals surface area (Å²) in [7, 11) is 1.33. The third-order valence-corrected chi connectivity index (χ3v) is 7.58. The Bertz CT molecular complexity index is 1130. The van der Waals surface area contributed by atoms with E-state index in [4.69, 9.17) is 31.8 Å². The van der Waals surface area contributed by atoms with Crippen LogP contribution in [-0.2, 0) is 14.3 Å². The van der Waals surface area contributed by atoms with Gasteiger partial charge in [-0.25, -0.2) is 14.2 Å². The number of methoxy groups -OCH3 is 1. The predicted molar refractivity (Wildman–Crippen MR) is 127 cm³/mol. The number of hydrogen-bond acceptors (Lipinski definition) is 9. The number of nitrogens with one attached hydrogen (secondary N) is 1. The molecule has 4 atom stereocenters. The van der Waals surface area contributed by atoms with E-state index >= 15 is 0 Å². The maximum Gasteiger partial charge on any atom is 0.338 e. The van der Waals surface area contributed by atoms with Crippen LogP contribution in [0.5, 0.6) is 0 Å². The normalized spacial score (nSPS) is 27.2. The molecule has 0 radical (unpaired) electrons. The van der Waals surface area contributed by atoms with Crippen LogP contribution in [0.2, 0.25) is 5.02 Å². The highest BCUT2D eigenvalue weighted by atomic mass is 35.5. The molecular weight excluding hydrogens is 481 g/mol. The minimum atomic E-state index is -0.779. The van der Waals surface area contributed by atoms with Crippen molar-refractivity contribution < 1.29 is 18.7 Å². The number of benzene rings is 1. The minimum absolute atomic E-state index is 0.127. The summed E-state index contributed by atoms with van der Waals surface area (Å²) in [5.41, 5.74) is 7.79. The molecule has 0 saturated carbocycles. The smallest absolute Gasteiger partial charge is 0.338 e. The van der Waals surface area contributed by atoms with Gasteiger partial charge >= 0.3 is 5.97 Å². The van der Waals surface area contributed by atoms with Crippen LogP contribution in [0.3, 0.4) is 0 Å². The first kappa shape index (κ1) is 23.4. The van der Waals surface area contributed by atoms with Gasteiger partial charge in [-0.15, -0.1) is 11.3 Å². The monoisotopic (exact) mass is 505 g/mol. The lowest BCUT2D eigenvalue weighted by Gasteiger charge is -2.48. The van der Waals surface area contributed by atoms with E-state index in [1.54, 1.807) is 12.3 Å². The second-order valence-electron chi connectivity index (χ2n) is 8.64. The van der Waals surface area contributed by atoms with Gasteiger partial charge in [0.25, 0.3) is 0 Å². The van der Waals surface area contributed by atoms with Crippen LogP contribution >= 0.6 is 22.9 Å². The number of rotatable bonds is 5. The largest absolute Gasteiger partial charge is 0.466 e. The first-order chi connectivity index (χ1) is 16.4. The number of piperidine rings is 1. The summed E-state index contributed by atoms with van der Waals surface area (Å²) in [6.45, 7) is 1.63. The summed E-state index contributed by atoms with van der Waals surface area (Å²) >= 11 is 7.85. The van der Waals surface area contributed by atoms with Crippen molar-refractivity contribution >= 4 is 34.7 Å². The van der Waals surface area contributed by atoms with Crippen molar-refractivity contribution in [2.75, 3.05) is 26.9 Å². The number of nitrogens with zero attached hydrogens (tertiary/aromatic N) is 3. The Morgan fingerprint density at radius 1 is 1.38 bits per heavy atom. The molecule has 2 fully saturated rings. The van der Waals surface area contributed by atoms with Crippen LogP contribution in [0.25, 0.3) is 0 Å². The number of carbonyl (C=O) groups excluding carboxylic acids is 1. The number of ether oxygens (including phenoxy) is 2. The SMILES string of the molecule is COC(=O)C1=C(CN2[C@@H]3COC[C@H]2C[C@@H](N)C3)NC(c2nccs2)=N[C@H]1c1ccc(F)cc1Cl. The number of thiazole rings is 1. The van der Waals surface area contributed by atoms with Crippen molar-refractivity contribution in [1.29, 1.82) is 0 Å². The molecular formula is C23H25ClFN5O3S. The number of aromatic nitrogens is 1. The number of fused-ring (bicyclic) bond motifs is 2. The van der Waals surface area contributed by atoms with Crippen molar-refractivity contribution in [1.82, 2.24) is 15.2 Å². The first-order valence-corrected chi connectivity index (χ1v) is 12.3. The second kappa shape index (κ2) is 9.71. The molecule has 1 aromatic heterocycles. The fourth-order valence-corrected chi connectivity index (χ4v) is 5.80. The highest BCUT2D eigenvalue weighted by Crippen LogP contribution is 2.38. The minimum Gasteiger partial charge on any atom is -0.466 e. The third-order valence-electron chi connectivity index (χ3n) is 6.47. The van der Waals surface area contributed by atoms with Crippen LogP contribution in [0, 0.1) is 5.82 Å². The molecule has 2 bridgehead atoms. The summed E-state index contributed by atoms with van der Waals surface area (Å²) in [5, 5.41) is 6.06. The molecule has 2 saturated heterocycles. The average molecular weight is 506 g/mol. The van der Waals surface area contributed by atoms with Gasteiger partial charge in [0.1, 0.15) is 11.9 Å². The highest BCUT2D eigenvalue weighted by Gasteiger charge is 2.41. The molecule has 4 heterocycles. The van der Waals surface area contributed by atoms with Crippen molar-refractivity contribution in [3.63, 3.8) is 0 Å². The summed E-state index contributed by atoms with van der Waals surface area (Å²) in [4.78, 5) is 24.6. The molecule has 180 valence electrons. The number of aliphatic imine (C=N–C) groups is 1. The van der Waals surface area contributed by atoms with E-state index in [-0.39, 0.29) is 23.1 Å². The van der Waals surface area contributed by atoms with Crippen LogP contribution < -0.4 is 11.1 Å². The Balaban J connectivity index is 1.60. The van der Waals surface area contributed by atoms with Gasteiger partial charge in [-0.2, -0.15) is 0 Å². The second-order valence-corrected chi connectivity index (χ2v) is 9.94. The first-order valence-electron chi connectivity index (χ1n) is 11.0. The number of carbonyl (C=O) groups is 1. The number of nitrogens with two attached hydrogens (primary N) is 1. The highest BCUT2D eigenvalue weighted by molar-refractivity contribution is 7.11. The lowest BCUT2D eigenvalue weighted by Crippen LogP contribution is -2.60. The lowest BCUT2D eigenvalue weighted by atomic mass is 9.89. The summed E-state index contributed by atoms with van der Waals surface area (Å²) < 4.78 is 24.8. The van der Waals surface area contributed by atoms with Gasteiger partial charge in [-0.1, -0.05) is 17.7 Å². The Kier molecular flexibility index (Phi) is 6.67. The summed E-state index contributed by atoms with van der Waals surface area (Å²) in [6.07, 6.45) is 3.33. The van der Waals surface area contributed by atoms with E-state index in [0.29, 0.717) is 47.4 Å². The Labute approximate surface area is 205 Å². The van der Waals surface area contributed by atoms with E-state index in [1.807, 2.05) is 5.38 Å². The molecule has 2 aromatic rings. The lowest BCUT2D eigenvalue weighted by molar-refractivity contribution is -0.136. The van der Waals surface area contributed by atoms with Gasteiger partial charge in [0.2, 0.25) is 0 Å². The molecule has 5 rings (SSSR count). The summed E-state index contributed by atoms with van der Waals surface area (Å²) in [6, 6.07) is 3.72. The quantitative estimate of drug-likeness (QED) is 0.602. The molecule has 0 unspecified atom stereocenters. The maximum atomic E-state index is 13.8. The number of esters is 1. The maximum absolute atomic E-state index is 13.8. The molecule has 3 N–H and O–H groups in total. The van der Waals surface area contributed by atoms with E-state index in [1.165, 1.54) is 30.6 Å². The molecule has 1 aromatic carbocycles. The van der Waals surface area contributed by atoms with Gasteiger partial charge in [-0.05, 0) is 25.0 Å². The van der Waals surface area contributed by atoms with Crippen LogP contribution in [0.1, 0.15) is 29.5 Å². The topological polar surface area (TPSA) is 102 Å². The van der Waals surface area contributed by atoms with Gasteiger partial charge in [0, 0.05) is 52.5 Å². The molecule has 3 aliphatic rings. The zero-order valence-corrected chi connectivity index (χ0v) is 20.1. The van der Waals surface area contributed by atoms with Crippen molar-refractivity contribution in [2.45, 2.75) is 37.0 Å². The molecule has 8 nitrogen and oxygen atoms in total. The van der Waals surface area contributed by atoms with Crippen molar-refractivity contribution in [2.24, 2.45) is 10.7 Å². The Morgan fingerprint density at radius 2 is 2.15 bits per heavy atom. The number of amidine groups is 1. The summed E-state index contributed by atoms with van der Waals surface area (Å²) in [5.74, 6) is -0.462. The van der Waals surface area contributed by atoms with Crippen LogP contribution in [0.15, 0.2) is 46.0 Å². The van der Waals surface area contributed by atoms with Gasteiger partial charge in [0.15, 0.2) is 10.8 Å². The molecule has 0 spiro atoms. The fraction of sp³-hybridized carbons (Fsp3) is 0.435. The van der Waals surface area contributed by atoms with E-state index in [9.17, 15) is 9.18 Å². The predicted octanol–water partition coefficient (Wildman–Crippen LogP) is 2.64. The molecule has 3 aliphatic heterocycles. The number of morpholine rings is 1. The van der Waals surface area contributed by atoms with Gasteiger partial charge < -0.3 is 20.5 Å². The number of halogens is 2. The van der Waals surface area contributed by atoms with E-state index in [2.05, 4.69) is 15.2 Å². The third kappa shape index (κ3) is 4.48. The van der Waals surface area contributed by atoms with Gasteiger partial charge in [0.05, 0.1) is 25.9 Å². The Morgan fingerprint density at radius 3 is 2.79 bits per heavy atom. The molecule has 0 aliphatic carbocycles. The van der Waals surface area contributed by atoms with Gasteiger partial charge in [-0.3, -0.25) is 9.89 Å². The standard InChI is InChI=1S/C23H25ClFN5O3S/c1-32-23(31)19-18(9-30-14-7-13(26)8-15(30)11-33-10-14)28-21(22-27-4-5-34-22)29-20(19)16-3-2-12(25)6-17(16)24/h2-6,13-15,20H,7-11,26H2,1H3,(H,28,29)/t13-,14-,15+,20-/m0/s1. The fourth-order valence-electron chi connectivity index (χ4n) is 4.94. The molecule has 34 heavy (non-hydrogen) atoms. The average Bonchev–Trinajstić information content (AvgIpc) is 3.34. The Hall–Kier alpha value is -2.37. The van der Waals surface area contributed by atoms with Crippen LogP contribution in [-0.4, -0.2) is 66.7 Å². The molecule has 0 amide bonds. The van der Waals surface area contributed by atoms with Crippen molar-refractivity contribution in [3.8, 4) is 0 Å². The van der Waals surface area contributed by atoms with E-state index < -0.39 is 17.8 Å².